The van der Waals surface area contributed by atoms with Crippen LogP contribution in [-0.2, 0) is 19.4 Å². The Bertz CT molecular complexity index is 941. The fourth-order valence-electron chi connectivity index (χ4n) is 2.64. The van der Waals surface area contributed by atoms with Crippen molar-refractivity contribution in [3.63, 3.8) is 0 Å². The molecule has 0 fully saturated rings. The summed E-state index contributed by atoms with van der Waals surface area (Å²) in [5.41, 5.74) is 0. The molecular weight excluding hydrogens is 438 g/mol. The van der Waals surface area contributed by atoms with Gasteiger partial charge in [0.1, 0.15) is 0 Å². The zero-order valence-electron chi connectivity index (χ0n) is 15.2. The zero-order chi connectivity index (χ0) is 18.0. The van der Waals surface area contributed by atoms with Crippen molar-refractivity contribution in [1.82, 2.24) is 0 Å². The third-order valence-corrected chi connectivity index (χ3v) is 5.75. The molecule has 0 aliphatic carbocycles. The molecule has 0 nitrogen and oxygen atoms in total. The van der Waals surface area contributed by atoms with Gasteiger partial charge in [-0.15, -0.1) is 84.1 Å². The van der Waals surface area contributed by atoms with E-state index in [0.29, 0.717) is 0 Å². The smallest absolute Gasteiger partial charge is 0.0809 e. The Labute approximate surface area is 191 Å². The molecule has 0 spiro atoms. The maximum absolute atomic E-state index is 2.13. The number of hydrogen-bond donors (Lipinski definition) is 0. The summed E-state index contributed by atoms with van der Waals surface area (Å²) in [6.07, 6.45) is 1.35. The van der Waals surface area contributed by atoms with Crippen LogP contribution in [0.2, 0.25) is 0 Å². The Kier molecular flexibility index (Phi) is 11.9. The third-order valence-electron chi connectivity index (χ3n) is 3.98. The molecule has 0 aromatic heterocycles. The van der Waals surface area contributed by atoms with Gasteiger partial charge in [0.05, 0.1) is 0 Å². The van der Waals surface area contributed by atoms with Gasteiger partial charge in [0.2, 0.25) is 0 Å². The quantitative estimate of drug-likeness (QED) is 0.137. The van der Waals surface area contributed by atoms with Gasteiger partial charge in [-0.25, -0.2) is 0 Å². The first-order chi connectivity index (χ1) is 12.9. The Morgan fingerprint density at radius 2 is 0.964 bits per heavy atom. The van der Waals surface area contributed by atoms with Crippen molar-refractivity contribution in [3.05, 3.63) is 115 Å². The number of halogens is 2. The van der Waals surface area contributed by atoms with Crippen LogP contribution in [0, 0.1) is 0 Å². The molecule has 5 rings (SSSR count). The van der Waals surface area contributed by atoms with Gasteiger partial charge in [-0.3, -0.25) is 0 Å². The first kappa shape index (κ1) is 24.5. The van der Waals surface area contributed by atoms with Gasteiger partial charge in [0, 0.05) is 0 Å². The minimum atomic E-state index is 0. The van der Waals surface area contributed by atoms with Gasteiger partial charge in [0.25, 0.3) is 0 Å². The van der Waals surface area contributed by atoms with Crippen LogP contribution < -0.4 is 5.30 Å². The summed E-state index contributed by atoms with van der Waals surface area (Å²) in [6, 6.07) is 39.8. The maximum atomic E-state index is 2.13. The minimum Gasteiger partial charge on any atom is -0.168 e. The summed E-state index contributed by atoms with van der Waals surface area (Å²) in [5.74, 6) is 0. The van der Waals surface area contributed by atoms with Crippen LogP contribution in [0.5, 0.6) is 0 Å². The predicted octanol–water partition coefficient (Wildman–Crippen LogP) is 7.68. The van der Waals surface area contributed by atoms with E-state index in [1.807, 2.05) is 6.07 Å². The van der Waals surface area contributed by atoms with E-state index in [1.54, 1.807) is 0 Å². The van der Waals surface area contributed by atoms with Crippen LogP contribution in [0.3, 0.4) is 0 Å². The monoisotopic (exact) mass is 458 g/mol. The standard InChI is InChI=1S/2C9H7.C6H5P.2ClH.Ti/c2*1-2-5-9-7-3-6-8(9)4-1;7-6-4-2-1-3-5-6;;;/h2*1-7H;1-5H;2*1H;/q2*-1;;;;+2. The van der Waals surface area contributed by atoms with Gasteiger partial charge in [-0.2, -0.15) is 35.0 Å². The summed E-state index contributed by atoms with van der Waals surface area (Å²) >= 11 is 2.13. The number of hydrogen-bond acceptors (Lipinski definition) is 0. The molecular formula is C24H21Cl2PTi. The summed E-state index contributed by atoms with van der Waals surface area (Å²) in [6.45, 7) is 0. The molecule has 0 radical (unpaired) electrons. The summed E-state index contributed by atoms with van der Waals surface area (Å²) in [5, 5.41) is 6.71. The van der Waals surface area contributed by atoms with E-state index in [2.05, 4.69) is 129 Å². The zero-order valence-corrected chi connectivity index (χ0v) is 19.3. The van der Waals surface area contributed by atoms with Gasteiger partial charge in [0.15, 0.2) is 0 Å². The van der Waals surface area contributed by atoms with E-state index in [1.165, 1.54) is 33.0 Å². The molecule has 28 heavy (non-hydrogen) atoms. The van der Waals surface area contributed by atoms with Crippen molar-refractivity contribution < 1.29 is 19.4 Å². The molecule has 0 aliphatic heterocycles. The fraction of sp³-hybridized carbons (Fsp3) is 0. The van der Waals surface area contributed by atoms with Crippen molar-refractivity contribution in [2.45, 2.75) is 0 Å². The van der Waals surface area contributed by atoms with Crippen LogP contribution in [0.15, 0.2) is 115 Å². The molecule has 0 amide bonds. The van der Waals surface area contributed by atoms with Crippen molar-refractivity contribution in [2.24, 2.45) is 0 Å². The Balaban J connectivity index is 0.000000203. The summed E-state index contributed by atoms with van der Waals surface area (Å²) in [4.78, 5) is 0. The van der Waals surface area contributed by atoms with E-state index in [0.717, 1.165) is 0 Å². The van der Waals surface area contributed by atoms with E-state index >= 15 is 0 Å². The molecule has 5 aromatic rings. The van der Waals surface area contributed by atoms with E-state index in [4.69, 9.17) is 0 Å². The second-order valence-corrected chi connectivity index (χ2v) is 7.54. The molecule has 0 heterocycles. The average molecular weight is 459 g/mol. The van der Waals surface area contributed by atoms with E-state index < -0.39 is 0 Å². The Hall–Kier alpha value is -1.53. The maximum Gasteiger partial charge on any atom is -0.0809 e. The molecule has 0 atom stereocenters. The predicted molar refractivity (Wildman–Crippen MR) is 127 cm³/mol. The number of rotatable bonds is 1. The summed E-state index contributed by atoms with van der Waals surface area (Å²) < 4.78 is 0. The number of benzene rings is 3. The molecule has 0 aliphatic rings. The van der Waals surface area contributed by atoms with Gasteiger partial charge in [-0.1, -0.05) is 12.1 Å². The van der Waals surface area contributed by atoms with E-state index in [9.17, 15) is 0 Å². The molecule has 0 unspecified atom stereocenters. The van der Waals surface area contributed by atoms with Crippen LogP contribution in [0.4, 0.5) is 0 Å². The van der Waals surface area contributed by atoms with Gasteiger partial charge < -0.3 is 0 Å². The normalized spacial score (nSPS) is 9.36. The second-order valence-electron chi connectivity index (χ2n) is 5.76. The third kappa shape index (κ3) is 7.48. The molecule has 0 saturated carbocycles. The Morgan fingerprint density at radius 1 is 0.536 bits per heavy atom. The molecule has 5 aromatic carbocycles. The molecule has 140 valence electrons. The average Bonchev–Trinajstić information content (AvgIpc) is 3.38. The largest absolute Gasteiger partial charge is 0.168 e. The van der Waals surface area contributed by atoms with Gasteiger partial charge in [-0.05, 0) is 0 Å². The molecule has 0 saturated heterocycles. The molecule has 0 bridgehead atoms. The van der Waals surface area contributed by atoms with Crippen LogP contribution >= 0.6 is 30.9 Å². The number of fused-ring (bicyclic) bond motifs is 2. The SMILES string of the molecule is Cl.Cl.[Ti+2]=[P]c1ccccc1.c1ccc2[cH-]ccc2c1.c1ccc2[cH-]ccc2c1. The van der Waals surface area contributed by atoms with Gasteiger partial charge >= 0.3 is 61.2 Å². The summed E-state index contributed by atoms with van der Waals surface area (Å²) in [7, 11) is 0. The molecule has 0 N–H and O–H groups in total. The topological polar surface area (TPSA) is 0 Å². The van der Waals surface area contributed by atoms with Crippen LogP contribution in [0.1, 0.15) is 0 Å². The van der Waals surface area contributed by atoms with Crippen molar-refractivity contribution in [2.75, 3.05) is 0 Å². The fourth-order valence-corrected chi connectivity index (χ4v) is 3.66. The van der Waals surface area contributed by atoms with Crippen molar-refractivity contribution >= 4 is 57.8 Å². The minimum absolute atomic E-state index is 0. The van der Waals surface area contributed by atoms with E-state index in [-0.39, 0.29) is 24.8 Å². The first-order valence-electron chi connectivity index (χ1n) is 8.50. The van der Waals surface area contributed by atoms with Crippen molar-refractivity contribution in [1.29, 1.82) is 0 Å². The second kappa shape index (κ2) is 13.6. The first-order valence-corrected chi connectivity index (χ1v) is 11.5. The van der Waals surface area contributed by atoms with Crippen molar-refractivity contribution in [3.8, 4) is 0 Å². The molecule has 4 heteroatoms. The van der Waals surface area contributed by atoms with Crippen LogP contribution in [0.25, 0.3) is 21.5 Å². The Morgan fingerprint density at radius 3 is 1.36 bits per heavy atom. The van der Waals surface area contributed by atoms with Crippen LogP contribution in [-0.4, -0.2) is 0 Å².